The van der Waals surface area contributed by atoms with Gasteiger partial charge in [-0.05, 0) is 30.3 Å². The number of benzene rings is 2. The highest BCUT2D eigenvalue weighted by molar-refractivity contribution is 6.32. The molecule has 144 valence electrons. The van der Waals surface area contributed by atoms with E-state index in [0.717, 1.165) is 11.0 Å². The van der Waals surface area contributed by atoms with Crippen molar-refractivity contribution in [3.05, 3.63) is 59.3 Å². The Hall–Kier alpha value is -2.99. The monoisotopic (exact) mass is 398 g/mol. The molecule has 0 aliphatic carbocycles. The number of anilines is 1. The smallest absolute Gasteiger partial charge is 0.227 e. The number of nitrogens with one attached hydrogen (secondary N) is 1. The predicted octanol–water partition coefficient (Wildman–Crippen LogP) is 3.76. The average Bonchev–Trinajstić information content (AvgIpc) is 3.29. The minimum absolute atomic E-state index is 0.106. The number of carbonyl (C=O) groups is 2. The van der Waals surface area contributed by atoms with Gasteiger partial charge in [-0.25, -0.2) is 0 Å². The van der Waals surface area contributed by atoms with Gasteiger partial charge in [-0.2, -0.15) is 0 Å². The van der Waals surface area contributed by atoms with E-state index in [1.807, 2.05) is 30.3 Å². The molecule has 1 saturated heterocycles. The topological polar surface area (TPSA) is 71.8 Å². The van der Waals surface area contributed by atoms with Crippen LogP contribution < -0.4 is 15.0 Å². The van der Waals surface area contributed by atoms with Crippen LogP contribution in [-0.2, 0) is 16.1 Å². The molecule has 2 aromatic carbocycles. The number of para-hydroxylation sites is 1. The van der Waals surface area contributed by atoms with Gasteiger partial charge in [0.05, 0.1) is 24.6 Å². The quantitative estimate of drug-likeness (QED) is 0.710. The summed E-state index contributed by atoms with van der Waals surface area (Å²) in [7, 11) is 1.53. The van der Waals surface area contributed by atoms with E-state index in [1.54, 1.807) is 23.1 Å². The Morgan fingerprint density at radius 1 is 1.29 bits per heavy atom. The number of rotatable bonds is 5. The fraction of sp³-hybridized carbons (Fsp3) is 0.238. The Balaban J connectivity index is 1.40. The fourth-order valence-electron chi connectivity index (χ4n) is 3.40. The molecule has 1 fully saturated rings. The van der Waals surface area contributed by atoms with Crippen LogP contribution >= 0.6 is 11.6 Å². The molecule has 1 N–H and O–H groups in total. The second kappa shape index (κ2) is 7.56. The van der Waals surface area contributed by atoms with E-state index in [2.05, 4.69) is 5.32 Å². The van der Waals surface area contributed by atoms with Crippen molar-refractivity contribution in [1.82, 2.24) is 5.32 Å². The van der Waals surface area contributed by atoms with Crippen LogP contribution in [-0.4, -0.2) is 25.5 Å². The van der Waals surface area contributed by atoms with Crippen molar-refractivity contribution >= 4 is 40.1 Å². The highest BCUT2D eigenvalue weighted by Gasteiger charge is 2.35. The first-order valence-electron chi connectivity index (χ1n) is 8.94. The summed E-state index contributed by atoms with van der Waals surface area (Å²) in [5, 5.41) is 4.28. The summed E-state index contributed by atoms with van der Waals surface area (Å²) in [5.41, 5.74) is 1.44. The van der Waals surface area contributed by atoms with Gasteiger partial charge in [0.25, 0.3) is 0 Å². The maximum absolute atomic E-state index is 12.5. The van der Waals surface area contributed by atoms with Crippen LogP contribution in [0, 0.1) is 5.92 Å². The minimum Gasteiger partial charge on any atom is -0.495 e. The lowest BCUT2D eigenvalue weighted by molar-refractivity contribution is -0.126. The molecule has 2 amide bonds. The molecule has 6 nitrogen and oxygen atoms in total. The van der Waals surface area contributed by atoms with E-state index in [-0.39, 0.29) is 24.8 Å². The van der Waals surface area contributed by atoms with Gasteiger partial charge in [-0.15, -0.1) is 0 Å². The average molecular weight is 399 g/mol. The Morgan fingerprint density at radius 3 is 2.86 bits per heavy atom. The van der Waals surface area contributed by atoms with Gasteiger partial charge in [-0.3, -0.25) is 9.59 Å². The Labute approximate surface area is 167 Å². The SMILES string of the molecule is COc1ccc(N2CC(C(=O)NCc3cc4ccccc4o3)CC2=O)cc1Cl. The molecule has 2 heterocycles. The van der Waals surface area contributed by atoms with Crippen molar-refractivity contribution in [3.63, 3.8) is 0 Å². The van der Waals surface area contributed by atoms with Crippen molar-refractivity contribution in [2.75, 3.05) is 18.6 Å². The molecule has 0 radical (unpaired) electrons. The molecule has 1 atom stereocenters. The lowest BCUT2D eigenvalue weighted by Gasteiger charge is -2.17. The van der Waals surface area contributed by atoms with Crippen LogP contribution in [0.25, 0.3) is 11.0 Å². The summed E-state index contributed by atoms with van der Waals surface area (Å²) in [6.45, 7) is 0.597. The summed E-state index contributed by atoms with van der Waals surface area (Å²) in [4.78, 5) is 26.5. The molecule has 0 spiro atoms. The third-order valence-electron chi connectivity index (χ3n) is 4.86. The highest BCUT2D eigenvalue weighted by Crippen LogP contribution is 2.32. The first-order valence-corrected chi connectivity index (χ1v) is 9.32. The number of furan rings is 1. The first kappa shape index (κ1) is 18.4. The van der Waals surface area contributed by atoms with E-state index in [9.17, 15) is 9.59 Å². The van der Waals surface area contributed by atoms with Gasteiger partial charge < -0.3 is 19.4 Å². The first-order chi connectivity index (χ1) is 13.5. The van der Waals surface area contributed by atoms with Gasteiger partial charge in [0.1, 0.15) is 17.1 Å². The summed E-state index contributed by atoms with van der Waals surface area (Å²) in [6, 6.07) is 14.7. The molecule has 4 rings (SSSR count). The van der Waals surface area contributed by atoms with Gasteiger partial charge >= 0.3 is 0 Å². The molecule has 1 aliphatic rings. The summed E-state index contributed by atoms with van der Waals surface area (Å²) < 4.78 is 10.8. The number of halogens is 1. The zero-order valence-corrected chi connectivity index (χ0v) is 16.0. The van der Waals surface area contributed by atoms with Gasteiger partial charge in [0.15, 0.2) is 0 Å². The normalized spacial score (nSPS) is 16.6. The predicted molar refractivity (Wildman–Crippen MR) is 107 cm³/mol. The number of carbonyl (C=O) groups excluding carboxylic acids is 2. The van der Waals surface area contributed by atoms with Crippen LogP contribution in [0.4, 0.5) is 5.69 Å². The number of methoxy groups -OCH3 is 1. The molecule has 3 aromatic rings. The maximum atomic E-state index is 12.5. The lowest BCUT2D eigenvalue weighted by atomic mass is 10.1. The molecule has 0 bridgehead atoms. The van der Waals surface area contributed by atoms with E-state index in [4.69, 9.17) is 20.8 Å². The Kier molecular flexibility index (Phi) is 4.96. The van der Waals surface area contributed by atoms with Crippen molar-refractivity contribution in [2.45, 2.75) is 13.0 Å². The second-order valence-electron chi connectivity index (χ2n) is 6.69. The third-order valence-corrected chi connectivity index (χ3v) is 5.15. The van der Waals surface area contributed by atoms with Crippen LogP contribution in [0.3, 0.4) is 0 Å². The zero-order valence-electron chi connectivity index (χ0n) is 15.3. The van der Waals surface area contributed by atoms with Crippen LogP contribution in [0.5, 0.6) is 5.75 Å². The van der Waals surface area contributed by atoms with Gasteiger partial charge in [0.2, 0.25) is 11.8 Å². The number of fused-ring (bicyclic) bond motifs is 1. The molecule has 28 heavy (non-hydrogen) atoms. The molecule has 1 aromatic heterocycles. The highest BCUT2D eigenvalue weighted by atomic mass is 35.5. The third kappa shape index (κ3) is 3.55. The van der Waals surface area contributed by atoms with Gasteiger partial charge in [0, 0.05) is 24.0 Å². The van der Waals surface area contributed by atoms with E-state index in [1.165, 1.54) is 7.11 Å². The number of amides is 2. The number of nitrogens with zero attached hydrogens (tertiary/aromatic N) is 1. The number of hydrogen-bond donors (Lipinski definition) is 1. The molecule has 1 unspecified atom stereocenters. The van der Waals surface area contributed by atoms with E-state index in [0.29, 0.717) is 28.8 Å². The van der Waals surface area contributed by atoms with E-state index >= 15 is 0 Å². The number of hydrogen-bond acceptors (Lipinski definition) is 4. The molecular weight excluding hydrogens is 380 g/mol. The number of ether oxygens (including phenoxy) is 1. The lowest BCUT2D eigenvalue weighted by Crippen LogP contribution is -2.32. The van der Waals surface area contributed by atoms with Crippen LogP contribution in [0.2, 0.25) is 5.02 Å². The Bertz CT molecular complexity index is 1010. The summed E-state index contributed by atoms with van der Waals surface area (Å²) in [5.74, 6) is 0.522. The summed E-state index contributed by atoms with van der Waals surface area (Å²) in [6.07, 6.45) is 0.162. The van der Waals surface area contributed by atoms with Crippen LogP contribution in [0.15, 0.2) is 52.9 Å². The minimum atomic E-state index is -0.419. The van der Waals surface area contributed by atoms with Gasteiger partial charge in [-0.1, -0.05) is 29.8 Å². The summed E-state index contributed by atoms with van der Waals surface area (Å²) >= 11 is 6.15. The Morgan fingerprint density at radius 2 is 2.11 bits per heavy atom. The largest absolute Gasteiger partial charge is 0.495 e. The maximum Gasteiger partial charge on any atom is 0.227 e. The zero-order chi connectivity index (χ0) is 19.7. The van der Waals surface area contributed by atoms with Crippen molar-refractivity contribution in [3.8, 4) is 5.75 Å². The molecular formula is C21H19ClN2O4. The second-order valence-corrected chi connectivity index (χ2v) is 7.10. The molecule has 1 aliphatic heterocycles. The van der Waals surface area contributed by atoms with Crippen molar-refractivity contribution in [2.24, 2.45) is 5.92 Å². The fourth-order valence-corrected chi connectivity index (χ4v) is 3.65. The van der Waals surface area contributed by atoms with Crippen molar-refractivity contribution < 1.29 is 18.7 Å². The van der Waals surface area contributed by atoms with Crippen LogP contribution in [0.1, 0.15) is 12.2 Å². The standard InChI is InChI=1S/C21H19ClN2O4/c1-27-19-7-6-15(10-17(19)22)24-12-14(9-20(24)25)21(26)23-11-16-8-13-4-2-3-5-18(13)28-16/h2-8,10,14H,9,11-12H2,1H3,(H,23,26). The van der Waals surface area contributed by atoms with Crippen molar-refractivity contribution in [1.29, 1.82) is 0 Å². The molecule has 0 saturated carbocycles. The molecule has 7 heteroatoms. The van der Waals surface area contributed by atoms with E-state index < -0.39 is 5.92 Å².